The van der Waals surface area contributed by atoms with Crippen LogP contribution in [0.25, 0.3) is 0 Å². The van der Waals surface area contributed by atoms with Crippen LogP contribution in [0.1, 0.15) is 0 Å². The summed E-state index contributed by atoms with van der Waals surface area (Å²) in [5.74, 6) is 0.144. The average molecular weight is 247 g/mol. The third-order valence-electron chi connectivity index (χ3n) is 1.51. The van der Waals surface area contributed by atoms with Crippen LogP contribution >= 0.6 is 15.9 Å². The molecular weight excluding hydrogens is 240 g/mol. The van der Waals surface area contributed by atoms with E-state index >= 15 is 0 Å². The van der Waals surface area contributed by atoms with Crippen LogP contribution in [0.5, 0.6) is 5.75 Å². The van der Waals surface area contributed by atoms with E-state index in [0.29, 0.717) is 10.2 Å². The van der Waals surface area contributed by atoms with Crippen molar-refractivity contribution < 1.29 is 9.66 Å². The molecular formula is C7H7BrN2O3. The molecule has 0 aliphatic heterocycles. The molecule has 0 bridgehead atoms. The molecule has 5 nitrogen and oxygen atoms in total. The van der Waals surface area contributed by atoms with Crippen molar-refractivity contribution in [1.29, 1.82) is 0 Å². The first-order valence-corrected chi connectivity index (χ1v) is 4.13. The van der Waals surface area contributed by atoms with Crippen LogP contribution in [0.4, 0.5) is 11.4 Å². The molecule has 0 aliphatic rings. The quantitative estimate of drug-likeness (QED) is 0.492. The van der Waals surface area contributed by atoms with Crippen molar-refractivity contribution in [3.63, 3.8) is 0 Å². The van der Waals surface area contributed by atoms with Gasteiger partial charge in [-0.3, -0.25) is 10.1 Å². The van der Waals surface area contributed by atoms with Crippen molar-refractivity contribution in [2.24, 2.45) is 0 Å². The van der Waals surface area contributed by atoms with Gasteiger partial charge in [0.15, 0.2) is 0 Å². The summed E-state index contributed by atoms with van der Waals surface area (Å²) in [7, 11) is 1.35. The second kappa shape index (κ2) is 3.61. The lowest BCUT2D eigenvalue weighted by Crippen LogP contribution is -1.97. The van der Waals surface area contributed by atoms with Gasteiger partial charge in [-0.05, 0) is 22.0 Å². The average Bonchev–Trinajstić information content (AvgIpc) is 2.09. The molecule has 0 aromatic heterocycles. The molecule has 0 spiro atoms. The van der Waals surface area contributed by atoms with Crippen LogP contribution < -0.4 is 10.5 Å². The Morgan fingerprint density at radius 1 is 1.62 bits per heavy atom. The number of methoxy groups -OCH3 is 1. The van der Waals surface area contributed by atoms with Gasteiger partial charge in [-0.25, -0.2) is 0 Å². The first-order valence-electron chi connectivity index (χ1n) is 3.34. The van der Waals surface area contributed by atoms with E-state index in [1.54, 1.807) is 0 Å². The van der Waals surface area contributed by atoms with E-state index in [0.717, 1.165) is 0 Å². The lowest BCUT2D eigenvalue weighted by Gasteiger charge is -2.05. The van der Waals surface area contributed by atoms with Gasteiger partial charge in [-0.2, -0.15) is 0 Å². The van der Waals surface area contributed by atoms with Crippen LogP contribution in [0, 0.1) is 10.1 Å². The summed E-state index contributed by atoms with van der Waals surface area (Å²) in [4.78, 5) is 9.98. The van der Waals surface area contributed by atoms with E-state index in [-0.39, 0.29) is 11.4 Å². The highest BCUT2D eigenvalue weighted by atomic mass is 79.9. The number of ether oxygens (including phenoxy) is 1. The number of nitro groups is 1. The minimum atomic E-state index is -0.525. The molecule has 0 heterocycles. The Bertz CT molecular complexity index is 354. The lowest BCUT2D eigenvalue weighted by atomic mass is 10.2. The highest BCUT2D eigenvalue weighted by molar-refractivity contribution is 9.10. The Morgan fingerprint density at radius 2 is 2.23 bits per heavy atom. The highest BCUT2D eigenvalue weighted by Gasteiger charge is 2.18. The molecule has 0 saturated carbocycles. The molecule has 1 aromatic carbocycles. The molecule has 0 unspecified atom stereocenters. The van der Waals surface area contributed by atoms with Gasteiger partial charge in [-0.1, -0.05) is 0 Å². The lowest BCUT2D eigenvalue weighted by molar-refractivity contribution is -0.385. The number of nitro benzene ring substituents is 1. The second-order valence-electron chi connectivity index (χ2n) is 2.28. The van der Waals surface area contributed by atoms with Crippen molar-refractivity contribution in [2.75, 3.05) is 12.8 Å². The normalized spacial score (nSPS) is 9.69. The van der Waals surface area contributed by atoms with Crippen LogP contribution in [0.15, 0.2) is 16.6 Å². The zero-order valence-electron chi connectivity index (χ0n) is 6.78. The molecule has 0 saturated heterocycles. The predicted octanol–water partition coefficient (Wildman–Crippen LogP) is 1.95. The monoisotopic (exact) mass is 246 g/mol. The summed E-state index contributed by atoms with van der Waals surface area (Å²) in [6.45, 7) is 0. The zero-order chi connectivity index (χ0) is 10.0. The SMILES string of the molecule is COc1c([N+](=O)[O-])ccc(N)c1Br. The summed E-state index contributed by atoms with van der Waals surface area (Å²) in [6, 6.07) is 2.75. The summed E-state index contributed by atoms with van der Waals surface area (Å²) in [5, 5.41) is 10.5. The van der Waals surface area contributed by atoms with Gasteiger partial charge in [-0.15, -0.1) is 0 Å². The van der Waals surface area contributed by atoms with Gasteiger partial charge >= 0.3 is 5.69 Å². The number of hydrogen-bond donors (Lipinski definition) is 1. The Kier molecular flexibility index (Phi) is 2.72. The molecule has 0 atom stereocenters. The van der Waals surface area contributed by atoms with Gasteiger partial charge in [0.1, 0.15) is 0 Å². The first-order chi connectivity index (χ1) is 6.07. The maximum absolute atomic E-state index is 10.5. The number of halogens is 1. The third kappa shape index (κ3) is 1.72. The van der Waals surface area contributed by atoms with Gasteiger partial charge in [0, 0.05) is 6.07 Å². The summed E-state index contributed by atoms with van der Waals surface area (Å²) in [5.41, 5.74) is 5.81. The van der Waals surface area contributed by atoms with Crippen molar-refractivity contribution in [3.05, 3.63) is 26.7 Å². The number of nitrogen functional groups attached to an aromatic ring is 1. The summed E-state index contributed by atoms with van der Waals surface area (Å²) in [6.07, 6.45) is 0. The van der Waals surface area contributed by atoms with Gasteiger partial charge in [0.25, 0.3) is 0 Å². The molecule has 0 aliphatic carbocycles. The second-order valence-corrected chi connectivity index (χ2v) is 3.07. The molecule has 2 N–H and O–H groups in total. The van der Waals surface area contributed by atoms with Crippen molar-refractivity contribution in [2.45, 2.75) is 0 Å². The zero-order valence-corrected chi connectivity index (χ0v) is 8.37. The topological polar surface area (TPSA) is 78.4 Å². The smallest absolute Gasteiger partial charge is 0.312 e. The molecule has 0 fully saturated rings. The van der Waals surface area contributed by atoms with Crippen LogP contribution in [-0.4, -0.2) is 12.0 Å². The number of nitrogens with two attached hydrogens (primary N) is 1. The highest BCUT2D eigenvalue weighted by Crippen LogP contribution is 2.38. The van der Waals surface area contributed by atoms with Gasteiger partial charge < -0.3 is 10.5 Å². The third-order valence-corrected chi connectivity index (χ3v) is 2.32. The Hall–Kier alpha value is -1.30. The summed E-state index contributed by atoms with van der Waals surface area (Å²) >= 11 is 3.11. The van der Waals surface area contributed by atoms with E-state index in [9.17, 15) is 10.1 Å². The van der Waals surface area contributed by atoms with E-state index in [1.807, 2.05) is 0 Å². The van der Waals surface area contributed by atoms with Crippen molar-refractivity contribution >= 4 is 27.3 Å². The van der Waals surface area contributed by atoms with Crippen molar-refractivity contribution in [3.8, 4) is 5.75 Å². The van der Waals surface area contributed by atoms with Gasteiger partial charge in [0.2, 0.25) is 5.75 Å². The minimum absolute atomic E-state index is 0.108. The fraction of sp³-hybridized carbons (Fsp3) is 0.143. The Morgan fingerprint density at radius 3 is 2.69 bits per heavy atom. The maximum atomic E-state index is 10.5. The van der Waals surface area contributed by atoms with E-state index in [1.165, 1.54) is 19.2 Å². The van der Waals surface area contributed by atoms with E-state index < -0.39 is 4.92 Å². The molecule has 70 valence electrons. The fourth-order valence-corrected chi connectivity index (χ4v) is 1.40. The summed E-state index contributed by atoms with van der Waals surface area (Å²) < 4.78 is 5.26. The standard InChI is InChI=1S/C7H7BrN2O3/c1-13-7-5(10(11)12)3-2-4(9)6(7)8/h2-3H,9H2,1H3. The number of benzene rings is 1. The molecule has 6 heteroatoms. The van der Waals surface area contributed by atoms with E-state index in [4.69, 9.17) is 10.5 Å². The molecule has 13 heavy (non-hydrogen) atoms. The predicted molar refractivity (Wildman–Crippen MR) is 51.8 cm³/mol. The van der Waals surface area contributed by atoms with Crippen LogP contribution in [-0.2, 0) is 0 Å². The Balaban J connectivity index is 3.38. The van der Waals surface area contributed by atoms with Crippen LogP contribution in [0.3, 0.4) is 0 Å². The van der Waals surface area contributed by atoms with Crippen molar-refractivity contribution in [1.82, 2.24) is 0 Å². The molecule has 1 rings (SSSR count). The number of nitrogens with zero attached hydrogens (tertiary/aromatic N) is 1. The molecule has 1 aromatic rings. The minimum Gasteiger partial charge on any atom is -0.489 e. The van der Waals surface area contributed by atoms with E-state index in [2.05, 4.69) is 15.9 Å². The molecule has 0 amide bonds. The first kappa shape index (κ1) is 9.79. The number of hydrogen-bond acceptors (Lipinski definition) is 4. The largest absolute Gasteiger partial charge is 0.489 e. The van der Waals surface area contributed by atoms with Gasteiger partial charge in [0.05, 0.1) is 22.2 Å². The maximum Gasteiger partial charge on any atom is 0.312 e. The Labute approximate surface area is 82.8 Å². The number of rotatable bonds is 2. The molecule has 0 radical (unpaired) electrons. The van der Waals surface area contributed by atoms with Crippen LogP contribution in [0.2, 0.25) is 0 Å². The fourth-order valence-electron chi connectivity index (χ4n) is 0.899. The number of anilines is 1.